The van der Waals surface area contributed by atoms with Crippen LogP contribution >= 0.6 is 0 Å². The number of rotatable bonds is 6. The van der Waals surface area contributed by atoms with Crippen molar-refractivity contribution >= 4 is 0 Å². The highest BCUT2D eigenvalue weighted by Gasteiger charge is 2.25. The van der Waals surface area contributed by atoms with Crippen LogP contribution in [0.2, 0.25) is 0 Å². The topological polar surface area (TPSA) is 64.9 Å². The van der Waals surface area contributed by atoms with Crippen LogP contribution in [-0.2, 0) is 13.0 Å². The highest BCUT2D eigenvalue weighted by atomic mass is 19.1. The van der Waals surface area contributed by atoms with Gasteiger partial charge in [0.25, 0.3) is 0 Å². The van der Waals surface area contributed by atoms with Crippen LogP contribution in [0.3, 0.4) is 0 Å². The quantitative estimate of drug-likeness (QED) is 0.484. The van der Waals surface area contributed by atoms with E-state index in [1.807, 2.05) is 48.9 Å². The number of para-hydroxylation sites is 1. The Bertz CT molecular complexity index is 1200. The lowest BCUT2D eigenvalue weighted by atomic mass is 9.92. The second kappa shape index (κ2) is 8.88. The van der Waals surface area contributed by atoms with Crippen molar-refractivity contribution in [2.75, 3.05) is 7.11 Å². The number of hydrogen-bond acceptors (Lipinski definition) is 5. The van der Waals surface area contributed by atoms with Crippen molar-refractivity contribution in [3.05, 3.63) is 89.8 Å². The minimum absolute atomic E-state index is 0.167. The zero-order chi connectivity index (χ0) is 21.9. The summed E-state index contributed by atoms with van der Waals surface area (Å²) in [5.41, 5.74) is 4.66. The van der Waals surface area contributed by atoms with E-state index in [4.69, 9.17) is 4.74 Å². The number of fused-ring (bicyclic) bond motifs is 1. The number of halogens is 1. The maximum Gasteiger partial charge on any atom is 0.159 e. The van der Waals surface area contributed by atoms with Gasteiger partial charge in [0.15, 0.2) is 5.82 Å². The SMILES string of the molecule is COc1ccc(-c2ncc(CNC3CCCc4c3cnn4-c3ccccc3F)cn2)cc1. The maximum atomic E-state index is 14.3. The molecule has 0 fully saturated rings. The molecule has 5 rings (SSSR count). The van der Waals surface area contributed by atoms with Crippen molar-refractivity contribution in [3.63, 3.8) is 0 Å². The van der Waals surface area contributed by atoms with Gasteiger partial charge in [0.1, 0.15) is 17.3 Å². The zero-order valence-corrected chi connectivity index (χ0v) is 17.8. The van der Waals surface area contributed by atoms with E-state index in [0.29, 0.717) is 18.1 Å². The number of benzene rings is 2. The third-order valence-corrected chi connectivity index (χ3v) is 5.87. The average Bonchev–Trinajstić information content (AvgIpc) is 3.28. The number of aromatic nitrogens is 4. The molecular weight excluding hydrogens is 405 g/mol. The lowest BCUT2D eigenvalue weighted by Gasteiger charge is -2.24. The molecule has 2 heterocycles. The van der Waals surface area contributed by atoms with Crippen molar-refractivity contribution < 1.29 is 9.13 Å². The first kappa shape index (κ1) is 20.3. The highest BCUT2D eigenvalue weighted by molar-refractivity contribution is 5.55. The van der Waals surface area contributed by atoms with E-state index in [-0.39, 0.29) is 11.9 Å². The normalized spacial score (nSPS) is 15.4. The summed E-state index contributed by atoms with van der Waals surface area (Å²) < 4.78 is 21.2. The Hall–Kier alpha value is -3.58. The molecule has 1 atom stereocenters. The van der Waals surface area contributed by atoms with Crippen LogP contribution in [-0.4, -0.2) is 26.9 Å². The molecule has 6 nitrogen and oxygen atoms in total. The smallest absolute Gasteiger partial charge is 0.159 e. The van der Waals surface area contributed by atoms with E-state index >= 15 is 0 Å². The standard InChI is InChI=1S/C25H24FN5O/c1-32-19-11-9-18(10-12-19)25-28-14-17(15-29-25)13-27-22-6-4-8-23-20(22)16-30-31(23)24-7-3-2-5-21(24)26/h2-3,5,7,9-12,14-16,22,27H,4,6,8,13H2,1H3. The number of ether oxygens (including phenoxy) is 1. The Kier molecular flexibility index (Phi) is 5.64. The van der Waals surface area contributed by atoms with E-state index in [9.17, 15) is 4.39 Å². The average molecular weight is 429 g/mol. The fourth-order valence-electron chi connectivity index (χ4n) is 4.18. The van der Waals surface area contributed by atoms with Crippen molar-refractivity contribution in [1.29, 1.82) is 0 Å². The minimum Gasteiger partial charge on any atom is -0.497 e. The van der Waals surface area contributed by atoms with Gasteiger partial charge in [-0.3, -0.25) is 0 Å². The summed E-state index contributed by atoms with van der Waals surface area (Å²) >= 11 is 0. The maximum absolute atomic E-state index is 14.3. The van der Waals surface area contributed by atoms with Crippen LogP contribution in [0.25, 0.3) is 17.1 Å². The molecule has 32 heavy (non-hydrogen) atoms. The molecule has 0 spiro atoms. The summed E-state index contributed by atoms with van der Waals surface area (Å²) in [6.07, 6.45) is 8.50. The van der Waals surface area contributed by atoms with E-state index < -0.39 is 0 Å². The fourth-order valence-corrected chi connectivity index (χ4v) is 4.18. The van der Waals surface area contributed by atoms with Gasteiger partial charge in [-0.15, -0.1) is 0 Å². The van der Waals surface area contributed by atoms with E-state index in [2.05, 4.69) is 20.4 Å². The van der Waals surface area contributed by atoms with Gasteiger partial charge in [-0.2, -0.15) is 5.10 Å². The van der Waals surface area contributed by atoms with Crippen LogP contribution in [0.1, 0.15) is 35.7 Å². The molecule has 0 radical (unpaired) electrons. The summed E-state index contributed by atoms with van der Waals surface area (Å²) in [7, 11) is 1.65. The Balaban J connectivity index is 1.29. The molecule has 0 bridgehead atoms. The fraction of sp³-hybridized carbons (Fsp3) is 0.240. The van der Waals surface area contributed by atoms with Crippen LogP contribution in [0.4, 0.5) is 4.39 Å². The lowest BCUT2D eigenvalue weighted by Crippen LogP contribution is -2.25. The molecule has 2 aromatic heterocycles. The van der Waals surface area contributed by atoms with E-state index in [1.54, 1.807) is 23.9 Å². The van der Waals surface area contributed by atoms with Crippen LogP contribution < -0.4 is 10.1 Å². The van der Waals surface area contributed by atoms with Crippen LogP contribution in [0.5, 0.6) is 5.75 Å². The van der Waals surface area contributed by atoms with Crippen LogP contribution in [0.15, 0.2) is 67.1 Å². The Labute approximate surface area is 186 Å². The minimum atomic E-state index is -0.261. The number of hydrogen-bond donors (Lipinski definition) is 1. The second-order valence-electron chi connectivity index (χ2n) is 7.88. The molecule has 0 amide bonds. The Morgan fingerprint density at radius 3 is 2.59 bits per heavy atom. The molecule has 4 aromatic rings. The predicted octanol–water partition coefficient (Wildman–Crippen LogP) is 4.64. The molecule has 2 aromatic carbocycles. The molecule has 1 aliphatic carbocycles. The third-order valence-electron chi connectivity index (χ3n) is 5.87. The van der Waals surface area contributed by atoms with E-state index in [0.717, 1.165) is 47.4 Å². The first-order valence-electron chi connectivity index (χ1n) is 10.7. The summed E-state index contributed by atoms with van der Waals surface area (Å²) in [5, 5.41) is 8.10. The van der Waals surface area contributed by atoms with Gasteiger partial charge in [-0.1, -0.05) is 12.1 Å². The second-order valence-corrected chi connectivity index (χ2v) is 7.88. The Morgan fingerprint density at radius 2 is 1.84 bits per heavy atom. The highest BCUT2D eigenvalue weighted by Crippen LogP contribution is 2.31. The van der Waals surface area contributed by atoms with Crippen molar-refractivity contribution in [1.82, 2.24) is 25.1 Å². The van der Waals surface area contributed by atoms with Gasteiger partial charge in [0.05, 0.1) is 13.3 Å². The predicted molar refractivity (Wildman–Crippen MR) is 120 cm³/mol. The number of nitrogens with one attached hydrogen (secondary N) is 1. The summed E-state index contributed by atoms with van der Waals surface area (Å²) in [5.74, 6) is 1.23. The van der Waals surface area contributed by atoms with Gasteiger partial charge in [0.2, 0.25) is 0 Å². The van der Waals surface area contributed by atoms with Gasteiger partial charge in [-0.05, 0) is 55.7 Å². The first-order valence-corrected chi connectivity index (χ1v) is 10.7. The van der Waals surface area contributed by atoms with E-state index in [1.165, 1.54) is 6.07 Å². The van der Waals surface area contributed by atoms with Crippen LogP contribution in [0, 0.1) is 5.82 Å². The van der Waals surface area contributed by atoms with Gasteiger partial charge in [0, 0.05) is 47.4 Å². The largest absolute Gasteiger partial charge is 0.497 e. The molecule has 1 unspecified atom stereocenters. The summed E-state index contributed by atoms with van der Waals surface area (Å²) in [6, 6.07) is 14.6. The molecular formula is C25H24FN5O. The molecule has 1 N–H and O–H groups in total. The molecule has 1 aliphatic rings. The van der Waals surface area contributed by atoms with Crippen molar-refractivity contribution in [2.45, 2.75) is 31.8 Å². The number of methoxy groups -OCH3 is 1. The summed E-state index contributed by atoms with van der Waals surface area (Å²) in [6.45, 7) is 0.651. The third kappa shape index (κ3) is 3.99. The summed E-state index contributed by atoms with van der Waals surface area (Å²) in [4.78, 5) is 9.03. The van der Waals surface area contributed by atoms with Gasteiger partial charge < -0.3 is 10.1 Å². The monoisotopic (exact) mass is 429 g/mol. The molecule has 162 valence electrons. The number of nitrogens with zero attached hydrogens (tertiary/aromatic N) is 4. The molecule has 0 saturated carbocycles. The van der Waals surface area contributed by atoms with Crippen molar-refractivity contribution in [2.24, 2.45) is 0 Å². The first-order chi connectivity index (χ1) is 15.7. The van der Waals surface area contributed by atoms with Crippen molar-refractivity contribution in [3.8, 4) is 22.8 Å². The molecule has 0 aliphatic heterocycles. The molecule has 7 heteroatoms. The Morgan fingerprint density at radius 1 is 1.06 bits per heavy atom. The zero-order valence-electron chi connectivity index (χ0n) is 17.8. The van der Waals surface area contributed by atoms with Gasteiger partial charge in [-0.25, -0.2) is 19.0 Å². The van der Waals surface area contributed by atoms with Gasteiger partial charge >= 0.3 is 0 Å². The lowest BCUT2D eigenvalue weighted by molar-refractivity contribution is 0.415. The molecule has 0 saturated heterocycles.